The average Bonchev–Trinajstić information content (AvgIpc) is 3.70. The van der Waals surface area contributed by atoms with Crippen LogP contribution in [0.5, 0.6) is 0 Å². The molecule has 0 spiro atoms. The molecule has 0 radical (unpaired) electrons. The van der Waals surface area contributed by atoms with Gasteiger partial charge in [0.15, 0.2) is 0 Å². The van der Waals surface area contributed by atoms with E-state index >= 15 is 0 Å². The lowest BCUT2D eigenvalue weighted by Gasteiger charge is -2.30. The summed E-state index contributed by atoms with van der Waals surface area (Å²) in [5, 5.41) is 12.1. The standard InChI is InChI=1S/C27H29F3N8O/c1-15-4-5-17(6-25(15)38-14-24(34-35-38)23-12-32-36(3)16(23)2)26(39)33-19-7-18(27(28,29)30)8-21(9-19)37-13-20-10-22(37)11-31-20/h4-9,12,14,20,22,31,34-35H,10-11,13H2,1-3H3,(H,33,39). The lowest BCUT2D eigenvalue weighted by molar-refractivity contribution is -0.137. The van der Waals surface area contributed by atoms with Crippen LogP contribution in [0.1, 0.15) is 39.2 Å². The molecular weight excluding hydrogens is 509 g/mol. The Balaban J connectivity index is 1.26. The predicted molar refractivity (Wildman–Crippen MR) is 143 cm³/mol. The lowest BCUT2D eigenvalue weighted by atomic mass is 10.1. The number of hydrazine groups is 2. The summed E-state index contributed by atoms with van der Waals surface area (Å²) < 4.78 is 43.1. The second kappa shape index (κ2) is 9.31. The first-order valence-corrected chi connectivity index (χ1v) is 12.7. The minimum atomic E-state index is -4.53. The van der Waals surface area contributed by atoms with Gasteiger partial charge in [-0.25, -0.2) is 0 Å². The van der Waals surface area contributed by atoms with Crippen molar-refractivity contribution in [3.05, 3.63) is 76.7 Å². The molecule has 2 bridgehead atoms. The monoisotopic (exact) mass is 538 g/mol. The first-order valence-electron chi connectivity index (χ1n) is 12.7. The molecule has 9 nitrogen and oxygen atoms in total. The summed E-state index contributed by atoms with van der Waals surface area (Å²) in [5.74, 6) is -0.495. The molecule has 4 heterocycles. The predicted octanol–water partition coefficient (Wildman–Crippen LogP) is 3.69. The molecule has 3 aromatic rings. The third-order valence-corrected chi connectivity index (χ3v) is 7.72. The Labute approximate surface area is 223 Å². The maximum Gasteiger partial charge on any atom is 0.416 e. The van der Waals surface area contributed by atoms with Gasteiger partial charge in [0.1, 0.15) is 0 Å². The van der Waals surface area contributed by atoms with Crippen molar-refractivity contribution in [2.24, 2.45) is 7.05 Å². The van der Waals surface area contributed by atoms with Crippen LogP contribution in [0.15, 0.2) is 48.8 Å². The number of hydrogen-bond acceptors (Lipinski definition) is 7. The van der Waals surface area contributed by atoms with Crippen LogP contribution in [-0.2, 0) is 13.2 Å². The van der Waals surface area contributed by atoms with E-state index in [1.54, 1.807) is 40.2 Å². The van der Waals surface area contributed by atoms with Gasteiger partial charge in [-0.2, -0.15) is 18.3 Å². The molecule has 2 atom stereocenters. The Morgan fingerprint density at radius 2 is 1.97 bits per heavy atom. The van der Waals surface area contributed by atoms with Gasteiger partial charge in [0.25, 0.3) is 5.91 Å². The van der Waals surface area contributed by atoms with Gasteiger partial charge in [0.2, 0.25) is 0 Å². The lowest BCUT2D eigenvalue weighted by Crippen LogP contribution is -2.43. The van der Waals surface area contributed by atoms with E-state index in [9.17, 15) is 18.0 Å². The first kappa shape index (κ1) is 25.3. The van der Waals surface area contributed by atoms with E-state index in [0.29, 0.717) is 17.8 Å². The molecule has 12 heteroatoms. The van der Waals surface area contributed by atoms with E-state index in [4.69, 9.17) is 0 Å². The van der Waals surface area contributed by atoms with Crippen molar-refractivity contribution in [1.82, 2.24) is 26.1 Å². The van der Waals surface area contributed by atoms with Crippen LogP contribution < -0.4 is 31.5 Å². The van der Waals surface area contributed by atoms with Gasteiger partial charge in [-0.3, -0.25) is 14.5 Å². The largest absolute Gasteiger partial charge is 0.416 e. The van der Waals surface area contributed by atoms with E-state index in [2.05, 4.69) is 26.7 Å². The second-order valence-electron chi connectivity index (χ2n) is 10.3. The fraction of sp³-hybridized carbons (Fsp3) is 0.333. The quantitative estimate of drug-likeness (QED) is 0.394. The van der Waals surface area contributed by atoms with Crippen LogP contribution in [0.4, 0.5) is 30.2 Å². The van der Waals surface area contributed by atoms with Gasteiger partial charge in [-0.05, 0) is 56.2 Å². The minimum absolute atomic E-state index is 0.109. The Morgan fingerprint density at radius 3 is 2.64 bits per heavy atom. The molecule has 2 aromatic carbocycles. The zero-order valence-corrected chi connectivity index (χ0v) is 21.7. The van der Waals surface area contributed by atoms with Crippen LogP contribution >= 0.6 is 0 Å². The average molecular weight is 539 g/mol. The van der Waals surface area contributed by atoms with Crippen LogP contribution in [0.3, 0.4) is 0 Å². The number of carbonyl (C=O) groups excluding carboxylic acids is 1. The molecule has 1 amide bonds. The van der Waals surface area contributed by atoms with Gasteiger partial charge in [0.05, 0.1) is 23.1 Å². The Kier molecular flexibility index (Phi) is 6.03. The highest BCUT2D eigenvalue weighted by molar-refractivity contribution is 6.05. The van der Waals surface area contributed by atoms with Gasteiger partial charge < -0.3 is 21.0 Å². The number of anilines is 3. The normalized spacial score (nSPS) is 20.4. The van der Waals surface area contributed by atoms with Crippen molar-refractivity contribution in [1.29, 1.82) is 0 Å². The molecule has 204 valence electrons. The number of alkyl halides is 3. The van der Waals surface area contributed by atoms with Crippen molar-refractivity contribution >= 4 is 28.7 Å². The molecule has 3 aliphatic rings. The molecule has 4 N–H and O–H groups in total. The summed E-state index contributed by atoms with van der Waals surface area (Å²) in [6, 6.07) is 9.37. The SMILES string of the molecule is Cc1ccc(C(=O)Nc2cc(N3CC4CC3CN4)cc(C(F)(F)F)c2)cc1N1C=C(c2cnn(C)c2C)NN1. The van der Waals surface area contributed by atoms with E-state index in [1.165, 1.54) is 6.07 Å². The third-order valence-electron chi connectivity index (χ3n) is 7.72. The smallest absolute Gasteiger partial charge is 0.366 e. The van der Waals surface area contributed by atoms with Gasteiger partial charge >= 0.3 is 6.18 Å². The number of aryl methyl sites for hydroxylation is 2. The molecule has 3 aliphatic heterocycles. The molecule has 39 heavy (non-hydrogen) atoms. The van der Waals surface area contributed by atoms with Gasteiger partial charge in [0, 0.05) is 66.6 Å². The number of nitrogens with one attached hydrogen (secondary N) is 4. The van der Waals surface area contributed by atoms with E-state index in [-0.39, 0.29) is 17.8 Å². The number of amides is 1. The summed E-state index contributed by atoms with van der Waals surface area (Å²) in [5.41, 5.74) is 10.7. The highest BCUT2D eigenvalue weighted by atomic mass is 19.4. The number of halogens is 3. The van der Waals surface area contributed by atoms with Crippen molar-refractivity contribution in [2.75, 3.05) is 28.3 Å². The topological polar surface area (TPSA) is 89.5 Å². The van der Waals surface area contributed by atoms with Crippen LogP contribution in [0.2, 0.25) is 0 Å². The Hall–Kier alpha value is -4.03. The molecule has 0 saturated carbocycles. The third kappa shape index (κ3) is 4.70. The van der Waals surface area contributed by atoms with Crippen LogP contribution in [0, 0.1) is 13.8 Å². The molecule has 2 unspecified atom stereocenters. The minimum Gasteiger partial charge on any atom is -0.366 e. The first-order chi connectivity index (χ1) is 18.6. The van der Waals surface area contributed by atoms with Crippen molar-refractivity contribution in [2.45, 2.75) is 38.5 Å². The summed E-state index contributed by atoms with van der Waals surface area (Å²) in [4.78, 5) is 15.2. The molecule has 2 saturated heterocycles. The highest BCUT2D eigenvalue weighted by Crippen LogP contribution is 2.38. The number of piperazine rings is 1. The Morgan fingerprint density at radius 1 is 1.15 bits per heavy atom. The van der Waals surface area contributed by atoms with Crippen molar-refractivity contribution in [3.8, 4) is 0 Å². The molecule has 2 fully saturated rings. The second-order valence-corrected chi connectivity index (χ2v) is 10.3. The number of rotatable bonds is 5. The van der Waals surface area contributed by atoms with Crippen molar-refractivity contribution in [3.63, 3.8) is 0 Å². The number of aromatic nitrogens is 2. The number of fused-ring (bicyclic) bond motifs is 2. The summed E-state index contributed by atoms with van der Waals surface area (Å²) >= 11 is 0. The van der Waals surface area contributed by atoms with Gasteiger partial charge in [-0.1, -0.05) is 6.07 Å². The number of benzene rings is 2. The zero-order valence-electron chi connectivity index (χ0n) is 21.7. The Bertz CT molecular complexity index is 1480. The molecule has 1 aromatic heterocycles. The fourth-order valence-electron chi connectivity index (χ4n) is 5.45. The number of carbonyl (C=O) groups is 1. The summed E-state index contributed by atoms with van der Waals surface area (Å²) in [6.45, 7) is 5.27. The molecule has 6 rings (SSSR count). The number of nitrogens with zero attached hydrogens (tertiary/aromatic N) is 4. The van der Waals surface area contributed by atoms with Gasteiger partial charge in [-0.15, -0.1) is 5.53 Å². The molecule has 0 aliphatic carbocycles. The fourth-order valence-corrected chi connectivity index (χ4v) is 5.45. The van der Waals surface area contributed by atoms with Crippen LogP contribution in [0.25, 0.3) is 5.70 Å². The summed E-state index contributed by atoms with van der Waals surface area (Å²) in [6.07, 6.45) is 0.00346. The van der Waals surface area contributed by atoms with Crippen LogP contribution in [-0.4, -0.2) is 40.9 Å². The van der Waals surface area contributed by atoms with E-state index < -0.39 is 17.6 Å². The maximum atomic E-state index is 13.8. The zero-order chi connectivity index (χ0) is 27.5. The molecular formula is C27H29F3N8O. The maximum absolute atomic E-state index is 13.8. The number of hydrogen-bond donors (Lipinski definition) is 4. The highest BCUT2D eigenvalue weighted by Gasteiger charge is 2.39. The summed E-state index contributed by atoms with van der Waals surface area (Å²) in [7, 11) is 1.87. The van der Waals surface area contributed by atoms with E-state index in [0.717, 1.165) is 47.2 Å². The van der Waals surface area contributed by atoms with E-state index in [1.807, 2.05) is 32.0 Å². The van der Waals surface area contributed by atoms with Crippen molar-refractivity contribution < 1.29 is 18.0 Å².